The minimum Gasteiger partial charge on any atom is -0.496 e. The minimum atomic E-state index is -3.67. The molecular weight excluding hydrogens is 508 g/mol. The maximum absolute atomic E-state index is 12.9. The molecule has 0 radical (unpaired) electrons. The van der Waals surface area contributed by atoms with Gasteiger partial charge >= 0.3 is 0 Å². The van der Waals surface area contributed by atoms with Crippen molar-refractivity contribution in [2.75, 3.05) is 13.4 Å². The Morgan fingerprint density at radius 2 is 1.78 bits per heavy atom. The number of rotatable bonds is 7. The molecule has 1 N–H and O–H groups in total. The molecule has 0 fully saturated rings. The summed E-state index contributed by atoms with van der Waals surface area (Å²) in [5.74, 6) is 0.792. The first-order chi connectivity index (χ1) is 15.4. The van der Waals surface area contributed by atoms with Gasteiger partial charge in [0.25, 0.3) is 0 Å². The number of hydrogen-bond acceptors (Lipinski definition) is 5. The predicted octanol–water partition coefficient (Wildman–Crippen LogP) is 5.87. The number of halogens is 1. The number of methoxy groups -OCH3 is 1. The molecular formula is C24H21BrN2O3S2. The Balaban J connectivity index is 1.57. The summed E-state index contributed by atoms with van der Waals surface area (Å²) in [6, 6.07) is 20.3. The number of hydrogen-bond donors (Lipinski definition) is 1. The summed E-state index contributed by atoms with van der Waals surface area (Å²) in [5, 5.41) is 0.932. The van der Waals surface area contributed by atoms with E-state index in [9.17, 15) is 8.42 Å². The fourth-order valence-electron chi connectivity index (χ4n) is 3.49. The van der Waals surface area contributed by atoms with Crippen LogP contribution >= 0.6 is 27.7 Å². The number of nitrogens with one attached hydrogen (secondary N) is 1. The van der Waals surface area contributed by atoms with Crippen LogP contribution in [0, 0.1) is 0 Å². The van der Waals surface area contributed by atoms with Gasteiger partial charge in [0.15, 0.2) is 0 Å². The molecule has 0 amide bonds. The molecule has 0 bridgehead atoms. The second-order valence-corrected chi connectivity index (χ2v) is 10.4. The monoisotopic (exact) mass is 528 g/mol. The van der Waals surface area contributed by atoms with E-state index in [1.807, 2.05) is 60.9 Å². The van der Waals surface area contributed by atoms with E-state index in [-0.39, 0.29) is 11.4 Å². The van der Waals surface area contributed by atoms with Gasteiger partial charge < -0.3 is 4.74 Å². The van der Waals surface area contributed by atoms with Gasteiger partial charge in [0.05, 0.1) is 22.4 Å². The third kappa shape index (κ3) is 4.54. The Labute approximate surface area is 200 Å². The number of fused-ring (bicyclic) bond motifs is 1. The minimum absolute atomic E-state index is 0.189. The van der Waals surface area contributed by atoms with Gasteiger partial charge in [-0.05, 0) is 75.3 Å². The third-order valence-corrected chi connectivity index (χ3v) is 8.47. The number of pyridine rings is 1. The Kier molecular flexibility index (Phi) is 6.85. The van der Waals surface area contributed by atoms with Gasteiger partial charge in [-0.2, -0.15) is 0 Å². The van der Waals surface area contributed by atoms with Gasteiger partial charge in [0.2, 0.25) is 10.0 Å². The van der Waals surface area contributed by atoms with Crippen molar-refractivity contribution in [3.8, 4) is 16.9 Å². The highest BCUT2D eigenvalue weighted by molar-refractivity contribution is 9.10. The van der Waals surface area contributed by atoms with Crippen molar-refractivity contribution in [1.82, 2.24) is 9.71 Å². The average Bonchev–Trinajstić information content (AvgIpc) is 2.82. The van der Waals surface area contributed by atoms with E-state index in [1.165, 1.54) is 0 Å². The molecule has 0 saturated heterocycles. The molecule has 0 aliphatic rings. The van der Waals surface area contributed by atoms with E-state index < -0.39 is 10.0 Å². The summed E-state index contributed by atoms with van der Waals surface area (Å²) in [6.45, 7) is 0.189. The van der Waals surface area contributed by atoms with E-state index >= 15 is 0 Å². The Hall–Kier alpha value is -2.39. The molecule has 0 spiro atoms. The highest BCUT2D eigenvalue weighted by atomic mass is 79.9. The lowest BCUT2D eigenvalue weighted by Gasteiger charge is -2.13. The zero-order valence-corrected chi connectivity index (χ0v) is 20.7. The Morgan fingerprint density at radius 1 is 1.03 bits per heavy atom. The number of benzene rings is 3. The first kappa shape index (κ1) is 22.8. The summed E-state index contributed by atoms with van der Waals surface area (Å²) in [7, 11) is -2.02. The van der Waals surface area contributed by atoms with Crippen LogP contribution in [0.2, 0.25) is 0 Å². The van der Waals surface area contributed by atoms with Gasteiger partial charge in [0, 0.05) is 22.6 Å². The molecule has 5 nitrogen and oxygen atoms in total. The molecule has 0 unspecified atom stereocenters. The predicted molar refractivity (Wildman–Crippen MR) is 134 cm³/mol. The number of ether oxygens (including phenoxy) is 1. The van der Waals surface area contributed by atoms with Crippen molar-refractivity contribution in [3.05, 3.63) is 83.0 Å². The molecule has 164 valence electrons. The number of sulfonamides is 1. The third-order valence-electron chi connectivity index (χ3n) is 5.15. The molecule has 32 heavy (non-hydrogen) atoms. The molecule has 8 heteroatoms. The van der Waals surface area contributed by atoms with E-state index in [0.717, 1.165) is 42.7 Å². The molecule has 0 aliphatic heterocycles. The maximum Gasteiger partial charge on any atom is 0.240 e. The standard InChI is InChI=1S/C24H21BrN2O3S2/c1-30-22-12-11-20(23(25)24(22)31-2)16-7-9-18(10-8-16)32(28,29)27-15-17-13-14-26-21-6-4-3-5-19(17)21/h3-14,27H,15H2,1-2H3. The Morgan fingerprint density at radius 3 is 2.50 bits per heavy atom. The van der Waals surface area contributed by atoms with E-state index in [2.05, 4.69) is 25.6 Å². The number of thioether (sulfide) groups is 1. The van der Waals surface area contributed by atoms with Crippen molar-refractivity contribution in [1.29, 1.82) is 0 Å². The van der Waals surface area contributed by atoms with Crippen LogP contribution in [0.4, 0.5) is 0 Å². The van der Waals surface area contributed by atoms with Crippen molar-refractivity contribution < 1.29 is 13.2 Å². The fraction of sp³-hybridized carbons (Fsp3) is 0.125. The van der Waals surface area contributed by atoms with Gasteiger partial charge in [-0.15, -0.1) is 11.8 Å². The highest BCUT2D eigenvalue weighted by Gasteiger charge is 2.17. The number of aromatic nitrogens is 1. The lowest BCUT2D eigenvalue weighted by atomic mass is 10.1. The van der Waals surface area contributed by atoms with Gasteiger partial charge in [-0.3, -0.25) is 4.98 Å². The molecule has 0 saturated carbocycles. The highest BCUT2D eigenvalue weighted by Crippen LogP contribution is 2.41. The van der Waals surface area contributed by atoms with E-state index in [1.54, 1.807) is 37.2 Å². The van der Waals surface area contributed by atoms with Gasteiger partial charge in [-0.1, -0.05) is 30.3 Å². The van der Waals surface area contributed by atoms with Crippen LogP contribution in [-0.4, -0.2) is 26.8 Å². The normalized spacial score (nSPS) is 11.6. The van der Waals surface area contributed by atoms with Crippen molar-refractivity contribution >= 4 is 48.6 Å². The zero-order valence-electron chi connectivity index (χ0n) is 17.5. The first-order valence-electron chi connectivity index (χ1n) is 9.78. The summed E-state index contributed by atoms with van der Waals surface area (Å²) in [5.41, 5.74) is 3.59. The number of nitrogens with zero attached hydrogens (tertiary/aromatic N) is 1. The fourth-order valence-corrected chi connectivity index (χ4v) is 6.18. The molecule has 1 heterocycles. The smallest absolute Gasteiger partial charge is 0.240 e. The second kappa shape index (κ2) is 9.62. The zero-order chi connectivity index (χ0) is 22.7. The van der Waals surface area contributed by atoms with Crippen LogP contribution in [0.5, 0.6) is 5.75 Å². The van der Waals surface area contributed by atoms with Gasteiger partial charge in [0.1, 0.15) is 5.75 Å². The van der Waals surface area contributed by atoms with Gasteiger partial charge in [-0.25, -0.2) is 13.1 Å². The summed E-state index contributed by atoms with van der Waals surface area (Å²) < 4.78 is 34.8. The summed E-state index contributed by atoms with van der Waals surface area (Å²) >= 11 is 5.25. The van der Waals surface area contributed by atoms with Crippen molar-refractivity contribution in [2.45, 2.75) is 16.3 Å². The lowest BCUT2D eigenvalue weighted by molar-refractivity contribution is 0.404. The summed E-state index contributed by atoms with van der Waals surface area (Å²) in [4.78, 5) is 5.53. The van der Waals surface area contributed by atoms with Crippen molar-refractivity contribution in [3.63, 3.8) is 0 Å². The first-order valence-corrected chi connectivity index (χ1v) is 13.3. The van der Waals surface area contributed by atoms with Crippen LogP contribution in [-0.2, 0) is 16.6 Å². The molecule has 3 aromatic carbocycles. The van der Waals surface area contributed by atoms with Crippen LogP contribution in [0.15, 0.2) is 87.2 Å². The average molecular weight is 529 g/mol. The molecule has 0 aliphatic carbocycles. The number of para-hydroxylation sites is 1. The van der Waals surface area contributed by atoms with E-state index in [4.69, 9.17) is 4.74 Å². The van der Waals surface area contributed by atoms with Crippen LogP contribution in [0.3, 0.4) is 0 Å². The molecule has 4 aromatic rings. The Bertz CT molecular complexity index is 1370. The second-order valence-electron chi connectivity index (χ2n) is 7.00. The van der Waals surface area contributed by atoms with E-state index in [0.29, 0.717) is 0 Å². The molecule has 1 aromatic heterocycles. The van der Waals surface area contributed by atoms with Crippen LogP contribution < -0.4 is 9.46 Å². The molecule has 0 atom stereocenters. The van der Waals surface area contributed by atoms with Crippen molar-refractivity contribution in [2.24, 2.45) is 0 Å². The summed E-state index contributed by atoms with van der Waals surface area (Å²) in [6.07, 6.45) is 3.68. The molecule has 4 rings (SSSR count). The SMILES string of the molecule is COc1ccc(-c2ccc(S(=O)(=O)NCc3ccnc4ccccc34)cc2)c(Br)c1SC. The van der Waals surface area contributed by atoms with Crippen LogP contribution in [0.25, 0.3) is 22.0 Å². The quantitative estimate of drug-likeness (QED) is 0.303. The largest absolute Gasteiger partial charge is 0.496 e. The maximum atomic E-state index is 12.9. The van der Waals surface area contributed by atoms with Crippen LogP contribution in [0.1, 0.15) is 5.56 Å². The lowest BCUT2D eigenvalue weighted by Crippen LogP contribution is -2.23. The topological polar surface area (TPSA) is 68.3 Å².